The van der Waals surface area contributed by atoms with Crippen molar-refractivity contribution < 1.29 is 9.59 Å². The van der Waals surface area contributed by atoms with E-state index in [9.17, 15) is 9.59 Å². The van der Waals surface area contributed by atoms with Crippen molar-refractivity contribution in [2.75, 3.05) is 0 Å². The molecule has 2 heterocycles. The first-order chi connectivity index (χ1) is 11.7. The molecule has 0 saturated carbocycles. The maximum absolute atomic E-state index is 12.6. The van der Waals surface area contributed by atoms with E-state index >= 15 is 0 Å². The smallest absolute Gasteiger partial charge is 0.169 e. The minimum Gasteiger partial charge on any atom is -0.294 e. The van der Waals surface area contributed by atoms with E-state index in [1.54, 1.807) is 23.5 Å². The highest BCUT2D eigenvalue weighted by atomic mass is 32.2. The summed E-state index contributed by atoms with van der Waals surface area (Å²) in [5, 5.41) is 0.208. The van der Waals surface area contributed by atoms with Crippen LogP contribution in [-0.4, -0.2) is 11.6 Å². The van der Waals surface area contributed by atoms with Crippen molar-refractivity contribution in [3.63, 3.8) is 0 Å². The molecule has 0 radical (unpaired) electrons. The summed E-state index contributed by atoms with van der Waals surface area (Å²) in [6, 6.07) is 20.2. The number of carbonyl (C=O) groups is 2. The summed E-state index contributed by atoms with van der Waals surface area (Å²) in [6.45, 7) is 0. The molecule has 0 aromatic heterocycles. The number of hydrogen-bond donors (Lipinski definition) is 0. The number of allylic oxidation sites excluding steroid dienone is 1. The molecule has 0 N–H and O–H groups in total. The third-order valence-corrected chi connectivity index (χ3v) is 7.21. The Morgan fingerprint density at radius 2 is 1.08 bits per heavy atom. The molecule has 2 aliphatic rings. The summed E-state index contributed by atoms with van der Waals surface area (Å²) in [5.41, 5.74) is 2.75. The maximum atomic E-state index is 12.6. The number of thioether (sulfide) groups is 2. The van der Waals surface area contributed by atoms with Crippen LogP contribution in [0.3, 0.4) is 0 Å². The number of hydrogen-bond acceptors (Lipinski definition) is 4. The first-order valence-corrected chi connectivity index (χ1v) is 9.72. The van der Waals surface area contributed by atoms with Gasteiger partial charge in [-0.25, -0.2) is 0 Å². The average molecular weight is 352 g/mol. The standard InChI is InChI=1S/C20H16O2S2/c21-15-11-17(13-7-3-1-4-8-13)23-20-19(15)16(22)12-18(24-20)14-9-5-2-6-10-14/h1-10,17-18H,11-12H2. The number of benzene rings is 2. The van der Waals surface area contributed by atoms with E-state index in [2.05, 4.69) is 24.3 Å². The van der Waals surface area contributed by atoms with E-state index in [4.69, 9.17) is 0 Å². The van der Waals surface area contributed by atoms with Gasteiger partial charge >= 0.3 is 0 Å². The molecule has 2 nitrogen and oxygen atoms in total. The van der Waals surface area contributed by atoms with Gasteiger partial charge in [0.15, 0.2) is 11.6 Å². The number of ketones is 2. The fourth-order valence-electron chi connectivity index (χ4n) is 3.12. The van der Waals surface area contributed by atoms with Crippen LogP contribution >= 0.6 is 23.5 Å². The van der Waals surface area contributed by atoms with Gasteiger partial charge in [0.2, 0.25) is 0 Å². The van der Waals surface area contributed by atoms with Gasteiger partial charge in [-0.1, -0.05) is 60.7 Å². The molecular formula is C20H16O2S2. The first-order valence-electron chi connectivity index (χ1n) is 7.96. The first kappa shape index (κ1) is 15.7. The lowest BCUT2D eigenvalue weighted by molar-refractivity contribution is -0.121. The zero-order valence-corrected chi connectivity index (χ0v) is 14.6. The van der Waals surface area contributed by atoms with Crippen molar-refractivity contribution in [1.82, 2.24) is 0 Å². The lowest BCUT2D eigenvalue weighted by Gasteiger charge is -2.31. The molecule has 4 heteroatoms. The number of carbonyl (C=O) groups excluding carboxylic acids is 2. The third-order valence-electron chi connectivity index (χ3n) is 4.34. The zero-order valence-electron chi connectivity index (χ0n) is 13.0. The Kier molecular flexibility index (Phi) is 4.33. The monoisotopic (exact) mass is 352 g/mol. The van der Waals surface area contributed by atoms with Crippen LogP contribution in [0.1, 0.15) is 34.5 Å². The quantitative estimate of drug-likeness (QED) is 0.705. The van der Waals surface area contributed by atoms with Crippen LogP contribution in [0.4, 0.5) is 0 Å². The fraction of sp³-hybridized carbons (Fsp3) is 0.200. The lowest BCUT2D eigenvalue weighted by atomic mass is 9.96. The van der Waals surface area contributed by atoms with Crippen molar-refractivity contribution in [3.8, 4) is 0 Å². The highest BCUT2D eigenvalue weighted by Gasteiger charge is 2.38. The van der Waals surface area contributed by atoms with Crippen molar-refractivity contribution in [2.45, 2.75) is 23.3 Å². The Balaban J connectivity index is 1.65. The molecule has 0 bridgehead atoms. The van der Waals surface area contributed by atoms with E-state index in [1.807, 2.05) is 36.4 Å². The van der Waals surface area contributed by atoms with Gasteiger partial charge in [0.1, 0.15) is 0 Å². The summed E-state index contributed by atoms with van der Waals surface area (Å²) in [5.74, 6) is 0.00299. The second-order valence-corrected chi connectivity index (χ2v) is 8.64. The number of Topliss-reactive ketones (excluding diaryl/α,β-unsaturated/α-hetero) is 2. The van der Waals surface area contributed by atoms with Gasteiger partial charge in [-0.3, -0.25) is 9.59 Å². The van der Waals surface area contributed by atoms with Crippen LogP contribution in [0, 0.1) is 0 Å². The second-order valence-electron chi connectivity index (χ2n) is 5.95. The summed E-state index contributed by atoms with van der Waals surface area (Å²) in [6.07, 6.45) is 0.825. The van der Waals surface area contributed by atoms with Gasteiger partial charge in [-0.15, -0.1) is 23.5 Å². The lowest BCUT2D eigenvalue weighted by Crippen LogP contribution is -2.24. The second kappa shape index (κ2) is 6.61. The van der Waals surface area contributed by atoms with Crippen LogP contribution in [0.15, 0.2) is 70.5 Å². The molecule has 2 unspecified atom stereocenters. The SMILES string of the molecule is O=C1CC(c2ccccc2)SC2=C1C(=O)CC(c1ccccc1)S2. The third kappa shape index (κ3) is 2.96. The van der Waals surface area contributed by atoms with E-state index in [0.29, 0.717) is 18.4 Å². The predicted molar refractivity (Wildman–Crippen MR) is 99.8 cm³/mol. The van der Waals surface area contributed by atoms with Crippen LogP contribution in [0.5, 0.6) is 0 Å². The molecule has 120 valence electrons. The maximum Gasteiger partial charge on any atom is 0.169 e. The summed E-state index contributed by atoms with van der Waals surface area (Å²) in [7, 11) is 0. The van der Waals surface area contributed by atoms with E-state index in [0.717, 1.165) is 15.4 Å². The van der Waals surface area contributed by atoms with E-state index in [1.165, 1.54) is 0 Å². The van der Waals surface area contributed by atoms with Crippen molar-refractivity contribution in [1.29, 1.82) is 0 Å². The number of rotatable bonds is 2. The van der Waals surface area contributed by atoms with Crippen LogP contribution in [-0.2, 0) is 9.59 Å². The topological polar surface area (TPSA) is 34.1 Å². The normalized spacial score (nSPS) is 24.0. The molecule has 0 saturated heterocycles. The van der Waals surface area contributed by atoms with Gasteiger partial charge in [-0.2, -0.15) is 0 Å². The van der Waals surface area contributed by atoms with Gasteiger partial charge in [0.05, 0.1) is 9.81 Å². The molecule has 0 spiro atoms. The molecule has 2 aromatic rings. The molecule has 0 fully saturated rings. The molecule has 2 atom stereocenters. The Morgan fingerprint density at radius 1 is 0.667 bits per heavy atom. The largest absolute Gasteiger partial charge is 0.294 e. The Bertz CT molecular complexity index is 745. The van der Waals surface area contributed by atoms with Crippen molar-refractivity contribution in [2.24, 2.45) is 0 Å². The molecule has 0 amide bonds. The Labute approximate surface area is 149 Å². The average Bonchev–Trinajstić information content (AvgIpc) is 2.62. The molecule has 2 aliphatic heterocycles. The van der Waals surface area contributed by atoms with Crippen molar-refractivity contribution >= 4 is 35.1 Å². The van der Waals surface area contributed by atoms with Gasteiger partial charge in [-0.05, 0) is 11.1 Å². The Morgan fingerprint density at radius 3 is 1.50 bits per heavy atom. The van der Waals surface area contributed by atoms with Crippen LogP contribution in [0.2, 0.25) is 0 Å². The minimum atomic E-state index is 0.00150. The van der Waals surface area contributed by atoms with Crippen LogP contribution < -0.4 is 0 Å². The van der Waals surface area contributed by atoms with Gasteiger partial charge < -0.3 is 0 Å². The Hall–Kier alpha value is -1.78. The molecule has 2 aromatic carbocycles. The van der Waals surface area contributed by atoms with Crippen LogP contribution in [0.25, 0.3) is 0 Å². The highest BCUT2D eigenvalue weighted by molar-refractivity contribution is 8.22. The summed E-state index contributed by atoms with van der Waals surface area (Å²) < 4.78 is 0.908. The molecule has 0 aliphatic carbocycles. The summed E-state index contributed by atoms with van der Waals surface area (Å²) in [4.78, 5) is 25.1. The van der Waals surface area contributed by atoms with Crippen molar-refractivity contribution in [3.05, 3.63) is 81.6 Å². The zero-order chi connectivity index (χ0) is 16.5. The predicted octanol–water partition coefficient (Wildman–Crippen LogP) is 5.09. The van der Waals surface area contributed by atoms with E-state index < -0.39 is 0 Å². The fourth-order valence-corrected chi connectivity index (χ4v) is 6.30. The molecule has 24 heavy (non-hydrogen) atoms. The minimum absolute atomic E-state index is 0.00150. The van der Waals surface area contributed by atoms with Gasteiger partial charge in [0.25, 0.3) is 0 Å². The highest BCUT2D eigenvalue weighted by Crippen LogP contribution is 2.55. The van der Waals surface area contributed by atoms with Gasteiger partial charge in [0, 0.05) is 23.3 Å². The molecule has 4 rings (SSSR count). The molecular weight excluding hydrogens is 336 g/mol. The van der Waals surface area contributed by atoms with E-state index in [-0.39, 0.29) is 22.1 Å². The summed E-state index contributed by atoms with van der Waals surface area (Å²) >= 11 is 3.35.